The Kier molecular flexibility index (Phi) is 3.76. The fourth-order valence-corrected chi connectivity index (χ4v) is 3.98. The fraction of sp³-hybridized carbons (Fsp3) is 0.0476. The molecule has 0 bridgehead atoms. The van der Waals surface area contributed by atoms with Crippen molar-refractivity contribution >= 4 is 44.2 Å². The van der Waals surface area contributed by atoms with Crippen LogP contribution in [0, 0.1) is 6.92 Å². The Balaban J connectivity index is 1.58. The summed E-state index contributed by atoms with van der Waals surface area (Å²) in [6.45, 7) is 2.07. The Bertz CT molecular complexity index is 1210. The van der Waals surface area contributed by atoms with Crippen molar-refractivity contribution in [1.29, 1.82) is 0 Å². The van der Waals surface area contributed by atoms with Crippen molar-refractivity contribution in [2.45, 2.75) is 6.92 Å². The SMILES string of the molecule is Cc1cccc2sc(/N=C3\N=C(Nc4ccccn4)c4ccccc43)nc12. The van der Waals surface area contributed by atoms with Crippen LogP contribution in [0.4, 0.5) is 10.9 Å². The van der Waals surface area contributed by atoms with Gasteiger partial charge in [0.05, 0.1) is 10.2 Å². The first-order valence-corrected chi connectivity index (χ1v) is 9.41. The van der Waals surface area contributed by atoms with E-state index in [1.807, 2.05) is 48.5 Å². The molecule has 0 radical (unpaired) electrons. The van der Waals surface area contributed by atoms with Crippen molar-refractivity contribution in [3.05, 3.63) is 83.6 Å². The fourth-order valence-electron chi connectivity index (χ4n) is 3.06. The van der Waals surface area contributed by atoms with Crippen LogP contribution in [0.3, 0.4) is 0 Å². The number of para-hydroxylation sites is 1. The molecule has 3 heterocycles. The molecule has 2 aromatic carbocycles. The van der Waals surface area contributed by atoms with E-state index in [1.165, 1.54) is 0 Å². The largest absolute Gasteiger partial charge is 0.324 e. The lowest BCUT2D eigenvalue weighted by Gasteiger charge is -2.05. The summed E-state index contributed by atoms with van der Waals surface area (Å²) in [5.41, 5.74) is 4.16. The molecular weight excluding hydrogens is 354 g/mol. The number of benzene rings is 2. The van der Waals surface area contributed by atoms with Crippen molar-refractivity contribution in [1.82, 2.24) is 9.97 Å². The Morgan fingerprint density at radius 3 is 2.59 bits per heavy atom. The molecule has 1 aliphatic rings. The van der Waals surface area contributed by atoms with E-state index in [4.69, 9.17) is 9.98 Å². The minimum Gasteiger partial charge on any atom is -0.324 e. The van der Waals surface area contributed by atoms with Crippen LogP contribution < -0.4 is 5.32 Å². The molecule has 5 rings (SSSR count). The lowest BCUT2D eigenvalue weighted by molar-refractivity contribution is 1.32. The van der Waals surface area contributed by atoms with Gasteiger partial charge in [0.2, 0.25) is 5.13 Å². The quantitative estimate of drug-likeness (QED) is 0.544. The molecule has 6 heteroatoms. The van der Waals surface area contributed by atoms with Gasteiger partial charge < -0.3 is 5.32 Å². The van der Waals surface area contributed by atoms with E-state index in [9.17, 15) is 0 Å². The first-order chi connectivity index (χ1) is 13.3. The Labute approximate surface area is 160 Å². The summed E-state index contributed by atoms with van der Waals surface area (Å²) in [5.74, 6) is 2.17. The number of aliphatic imine (C=N–C) groups is 2. The van der Waals surface area contributed by atoms with Gasteiger partial charge in [0.1, 0.15) is 11.7 Å². The number of thiazole rings is 1. The molecule has 0 spiro atoms. The van der Waals surface area contributed by atoms with Gasteiger partial charge in [0, 0.05) is 17.3 Å². The third-order valence-electron chi connectivity index (χ3n) is 4.36. The number of fused-ring (bicyclic) bond motifs is 2. The topological polar surface area (TPSA) is 62.5 Å². The van der Waals surface area contributed by atoms with Gasteiger partial charge in [-0.15, -0.1) is 0 Å². The van der Waals surface area contributed by atoms with E-state index in [-0.39, 0.29) is 0 Å². The van der Waals surface area contributed by atoms with Crippen molar-refractivity contribution in [3.63, 3.8) is 0 Å². The van der Waals surface area contributed by atoms with Gasteiger partial charge in [0.15, 0.2) is 5.84 Å². The molecule has 0 unspecified atom stereocenters. The first kappa shape index (κ1) is 15.8. The smallest absolute Gasteiger partial charge is 0.212 e. The third kappa shape index (κ3) is 2.90. The van der Waals surface area contributed by atoms with Crippen LogP contribution in [-0.4, -0.2) is 21.6 Å². The molecule has 130 valence electrons. The highest BCUT2D eigenvalue weighted by atomic mass is 32.1. The number of aryl methyl sites for hydroxylation is 1. The van der Waals surface area contributed by atoms with E-state index in [2.05, 4.69) is 34.3 Å². The summed E-state index contributed by atoms with van der Waals surface area (Å²) in [6, 6.07) is 20.0. The molecule has 0 amide bonds. The highest BCUT2D eigenvalue weighted by Crippen LogP contribution is 2.31. The van der Waals surface area contributed by atoms with E-state index in [1.54, 1.807) is 17.5 Å². The number of hydrogen-bond acceptors (Lipinski definition) is 5. The number of nitrogens with one attached hydrogen (secondary N) is 1. The van der Waals surface area contributed by atoms with Gasteiger partial charge in [-0.25, -0.2) is 15.0 Å². The molecule has 1 aliphatic heterocycles. The average Bonchev–Trinajstić information content (AvgIpc) is 3.26. The monoisotopic (exact) mass is 369 g/mol. The molecule has 0 atom stereocenters. The van der Waals surface area contributed by atoms with Crippen LogP contribution in [0.5, 0.6) is 0 Å². The predicted molar refractivity (Wildman–Crippen MR) is 111 cm³/mol. The maximum atomic E-state index is 4.75. The second kappa shape index (κ2) is 6.41. The van der Waals surface area contributed by atoms with Crippen LogP contribution in [-0.2, 0) is 0 Å². The highest BCUT2D eigenvalue weighted by Gasteiger charge is 2.22. The summed E-state index contributed by atoms with van der Waals surface area (Å²) in [5, 5.41) is 4.00. The number of pyridine rings is 1. The minimum absolute atomic E-state index is 0.667. The number of anilines is 1. The molecule has 27 heavy (non-hydrogen) atoms. The third-order valence-corrected chi connectivity index (χ3v) is 5.28. The van der Waals surface area contributed by atoms with Crippen molar-refractivity contribution in [3.8, 4) is 0 Å². The molecule has 0 aliphatic carbocycles. The summed E-state index contributed by atoms with van der Waals surface area (Å²) in [4.78, 5) is 18.5. The lowest BCUT2D eigenvalue weighted by Crippen LogP contribution is -2.12. The van der Waals surface area contributed by atoms with Gasteiger partial charge in [-0.2, -0.15) is 4.99 Å². The van der Waals surface area contributed by atoms with Crippen LogP contribution in [0.2, 0.25) is 0 Å². The summed E-state index contributed by atoms with van der Waals surface area (Å²) in [7, 11) is 0. The zero-order valence-corrected chi connectivity index (χ0v) is 15.4. The van der Waals surface area contributed by atoms with E-state index in [0.29, 0.717) is 11.0 Å². The molecule has 5 nitrogen and oxygen atoms in total. The number of rotatable bonds is 2. The molecule has 0 fully saturated rings. The zero-order valence-electron chi connectivity index (χ0n) is 14.5. The number of aromatic nitrogens is 2. The molecule has 0 saturated carbocycles. The van der Waals surface area contributed by atoms with Gasteiger partial charge in [-0.05, 0) is 30.7 Å². The number of hydrogen-bond donors (Lipinski definition) is 1. The minimum atomic E-state index is 0.667. The standard InChI is InChI=1S/C21H15N5S/c1-13-7-6-10-16-18(13)24-21(27-16)26-20-15-9-3-2-8-14(15)19(25-20)23-17-11-4-5-12-22-17/h2-12H,1H3,(H,22,23,24,25,26). The predicted octanol–water partition coefficient (Wildman–Crippen LogP) is 4.95. The van der Waals surface area contributed by atoms with E-state index >= 15 is 0 Å². The number of amidine groups is 2. The maximum Gasteiger partial charge on any atom is 0.212 e. The van der Waals surface area contributed by atoms with E-state index in [0.717, 1.165) is 38.6 Å². The van der Waals surface area contributed by atoms with Crippen molar-refractivity contribution < 1.29 is 0 Å². The molecule has 1 N–H and O–H groups in total. The van der Waals surface area contributed by atoms with Gasteiger partial charge in [0.25, 0.3) is 0 Å². The van der Waals surface area contributed by atoms with Crippen LogP contribution in [0.25, 0.3) is 10.2 Å². The van der Waals surface area contributed by atoms with Crippen LogP contribution in [0.15, 0.2) is 76.8 Å². The first-order valence-electron chi connectivity index (χ1n) is 8.59. The highest BCUT2D eigenvalue weighted by molar-refractivity contribution is 7.22. The summed E-state index contributed by atoms with van der Waals surface area (Å²) < 4.78 is 1.14. The van der Waals surface area contributed by atoms with Crippen molar-refractivity contribution in [2.24, 2.45) is 9.98 Å². The van der Waals surface area contributed by atoms with Crippen molar-refractivity contribution in [2.75, 3.05) is 5.32 Å². The summed E-state index contributed by atoms with van der Waals surface area (Å²) in [6.07, 6.45) is 1.75. The normalized spacial score (nSPS) is 14.4. The molecular formula is C21H15N5S. The average molecular weight is 369 g/mol. The van der Waals surface area contributed by atoms with E-state index < -0.39 is 0 Å². The lowest BCUT2D eigenvalue weighted by atomic mass is 10.1. The second-order valence-corrected chi connectivity index (χ2v) is 7.21. The van der Waals surface area contributed by atoms with Crippen LogP contribution >= 0.6 is 11.3 Å². The van der Waals surface area contributed by atoms with Crippen LogP contribution in [0.1, 0.15) is 16.7 Å². The maximum absolute atomic E-state index is 4.75. The zero-order chi connectivity index (χ0) is 18.2. The van der Waals surface area contributed by atoms with Gasteiger partial charge >= 0.3 is 0 Å². The van der Waals surface area contributed by atoms with Gasteiger partial charge in [-0.1, -0.05) is 53.8 Å². The van der Waals surface area contributed by atoms with Gasteiger partial charge in [-0.3, -0.25) is 0 Å². The Hall–Kier alpha value is -3.38. The Morgan fingerprint density at radius 2 is 1.78 bits per heavy atom. The molecule has 4 aromatic rings. The molecule has 2 aromatic heterocycles. The number of nitrogens with zero attached hydrogens (tertiary/aromatic N) is 4. The summed E-state index contributed by atoms with van der Waals surface area (Å²) >= 11 is 1.58. The second-order valence-electron chi connectivity index (χ2n) is 6.20. The molecule has 0 saturated heterocycles. The Morgan fingerprint density at radius 1 is 0.926 bits per heavy atom.